The van der Waals surface area contributed by atoms with Crippen molar-refractivity contribution in [1.82, 2.24) is 0 Å². The van der Waals surface area contributed by atoms with E-state index in [4.69, 9.17) is 0 Å². The first-order valence-corrected chi connectivity index (χ1v) is 6.75. The second-order valence-corrected chi connectivity index (χ2v) is 6.31. The Morgan fingerprint density at radius 1 is 1.31 bits per heavy atom. The SMILES string of the molecule is CC1CCCC(C)(C)C1C1=CCCCC1=O. The maximum Gasteiger partial charge on any atom is 0.158 e. The molecular weight excluding hydrogens is 196 g/mol. The van der Waals surface area contributed by atoms with E-state index in [1.807, 2.05) is 0 Å². The molecule has 0 heterocycles. The fourth-order valence-electron chi connectivity index (χ4n) is 3.78. The molecule has 2 rings (SSSR count). The quantitative estimate of drug-likeness (QED) is 0.649. The summed E-state index contributed by atoms with van der Waals surface area (Å²) in [6, 6.07) is 0. The highest BCUT2D eigenvalue weighted by Gasteiger charge is 2.41. The Hall–Kier alpha value is -0.590. The Balaban J connectivity index is 2.28. The average Bonchev–Trinajstić information content (AvgIpc) is 2.19. The van der Waals surface area contributed by atoms with Crippen molar-refractivity contribution in [2.24, 2.45) is 17.3 Å². The summed E-state index contributed by atoms with van der Waals surface area (Å²) in [5.41, 5.74) is 1.49. The van der Waals surface area contributed by atoms with Crippen LogP contribution >= 0.6 is 0 Å². The van der Waals surface area contributed by atoms with E-state index in [0.29, 0.717) is 23.0 Å². The van der Waals surface area contributed by atoms with Crippen molar-refractivity contribution in [3.05, 3.63) is 11.6 Å². The molecule has 0 saturated heterocycles. The molecule has 1 saturated carbocycles. The summed E-state index contributed by atoms with van der Waals surface area (Å²) in [4.78, 5) is 12.1. The molecule has 0 spiro atoms. The van der Waals surface area contributed by atoms with Gasteiger partial charge in [-0.15, -0.1) is 0 Å². The van der Waals surface area contributed by atoms with Crippen LogP contribution in [0.2, 0.25) is 0 Å². The Kier molecular flexibility index (Phi) is 3.23. The molecule has 0 N–H and O–H groups in total. The first kappa shape index (κ1) is 11.9. The largest absolute Gasteiger partial charge is 0.295 e. The molecule has 1 fully saturated rings. The maximum atomic E-state index is 12.1. The van der Waals surface area contributed by atoms with Gasteiger partial charge >= 0.3 is 0 Å². The number of Topliss-reactive ketones (excluding diaryl/α,β-unsaturated/α-hetero) is 1. The third-order valence-electron chi connectivity index (χ3n) is 4.52. The standard InChI is InChI=1S/C15H24O/c1-11-7-6-10-15(2,3)14(11)12-8-4-5-9-13(12)16/h8,11,14H,4-7,9-10H2,1-3H3. The third kappa shape index (κ3) is 2.09. The van der Waals surface area contributed by atoms with Gasteiger partial charge in [-0.05, 0) is 42.1 Å². The Bertz CT molecular complexity index is 311. The van der Waals surface area contributed by atoms with Gasteiger partial charge in [0, 0.05) is 6.42 Å². The van der Waals surface area contributed by atoms with E-state index in [9.17, 15) is 4.79 Å². The summed E-state index contributed by atoms with van der Waals surface area (Å²) < 4.78 is 0. The molecule has 2 atom stereocenters. The van der Waals surface area contributed by atoms with E-state index in [1.165, 1.54) is 24.8 Å². The van der Waals surface area contributed by atoms with Crippen molar-refractivity contribution in [3.8, 4) is 0 Å². The average molecular weight is 220 g/mol. The third-order valence-corrected chi connectivity index (χ3v) is 4.52. The fraction of sp³-hybridized carbons (Fsp3) is 0.800. The number of carbonyl (C=O) groups is 1. The Morgan fingerprint density at radius 2 is 2.06 bits per heavy atom. The van der Waals surface area contributed by atoms with Crippen LogP contribution in [-0.2, 0) is 4.79 Å². The van der Waals surface area contributed by atoms with Crippen molar-refractivity contribution >= 4 is 5.78 Å². The zero-order valence-corrected chi connectivity index (χ0v) is 10.9. The van der Waals surface area contributed by atoms with E-state index in [0.717, 1.165) is 19.3 Å². The second-order valence-electron chi connectivity index (χ2n) is 6.31. The van der Waals surface area contributed by atoms with E-state index in [1.54, 1.807) is 0 Å². The maximum absolute atomic E-state index is 12.1. The van der Waals surface area contributed by atoms with Crippen LogP contribution in [0.5, 0.6) is 0 Å². The van der Waals surface area contributed by atoms with Crippen LogP contribution in [-0.4, -0.2) is 5.78 Å². The lowest BCUT2D eigenvalue weighted by Gasteiger charge is -2.44. The van der Waals surface area contributed by atoms with Crippen molar-refractivity contribution < 1.29 is 4.79 Å². The Labute approximate surface area is 99.3 Å². The molecule has 0 aliphatic heterocycles. The molecule has 2 aliphatic carbocycles. The first-order valence-electron chi connectivity index (χ1n) is 6.75. The van der Waals surface area contributed by atoms with Crippen molar-refractivity contribution in [2.75, 3.05) is 0 Å². The number of hydrogen-bond donors (Lipinski definition) is 0. The molecule has 2 unspecified atom stereocenters. The van der Waals surface area contributed by atoms with Gasteiger partial charge in [0.2, 0.25) is 0 Å². The molecule has 90 valence electrons. The summed E-state index contributed by atoms with van der Waals surface area (Å²) in [6.45, 7) is 7.01. The monoisotopic (exact) mass is 220 g/mol. The minimum atomic E-state index is 0.316. The van der Waals surface area contributed by atoms with Gasteiger partial charge in [0.05, 0.1) is 0 Å². The zero-order valence-electron chi connectivity index (χ0n) is 10.9. The van der Waals surface area contributed by atoms with E-state index < -0.39 is 0 Å². The fourth-order valence-corrected chi connectivity index (χ4v) is 3.78. The molecule has 1 heteroatoms. The summed E-state index contributed by atoms with van der Waals surface area (Å²) in [5.74, 6) is 1.61. The number of carbonyl (C=O) groups excluding carboxylic acids is 1. The summed E-state index contributed by atoms with van der Waals surface area (Å²) in [6.07, 6.45) is 9.08. The van der Waals surface area contributed by atoms with Gasteiger partial charge in [-0.1, -0.05) is 39.7 Å². The van der Waals surface area contributed by atoms with Gasteiger partial charge in [-0.3, -0.25) is 4.79 Å². The molecule has 2 aliphatic rings. The lowest BCUT2D eigenvalue weighted by Crippen LogP contribution is -2.37. The van der Waals surface area contributed by atoms with Crippen LogP contribution in [0.3, 0.4) is 0 Å². The van der Waals surface area contributed by atoms with E-state index in [-0.39, 0.29) is 0 Å². The van der Waals surface area contributed by atoms with Crippen molar-refractivity contribution in [3.63, 3.8) is 0 Å². The van der Waals surface area contributed by atoms with Gasteiger partial charge in [-0.2, -0.15) is 0 Å². The topological polar surface area (TPSA) is 17.1 Å². The van der Waals surface area contributed by atoms with Gasteiger partial charge < -0.3 is 0 Å². The number of hydrogen-bond acceptors (Lipinski definition) is 1. The predicted octanol–water partition coefficient (Wildman–Crippen LogP) is 4.13. The lowest BCUT2D eigenvalue weighted by atomic mass is 9.60. The minimum Gasteiger partial charge on any atom is -0.295 e. The molecule has 1 nitrogen and oxygen atoms in total. The first-order chi connectivity index (χ1) is 7.52. The molecule has 0 aromatic heterocycles. The predicted molar refractivity (Wildman–Crippen MR) is 67.2 cm³/mol. The molecular formula is C15H24O. The number of ketones is 1. The molecule has 0 radical (unpaired) electrons. The lowest BCUT2D eigenvalue weighted by molar-refractivity contribution is -0.117. The van der Waals surface area contributed by atoms with Gasteiger partial charge in [0.1, 0.15) is 0 Å². The van der Waals surface area contributed by atoms with Crippen molar-refractivity contribution in [1.29, 1.82) is 0 Å². The summed E-state index contributed by atoms with van der Waals surface area (Å²) >= 11 is 0. The number of rotatable bonds is 1. The van der Waals surface area contributed by atoms with Crippen LogP contribution < -0.4 is 0 Å². The molecule has 0 bridgehead atoms. The van der Waals surface area contributed by atoms with Crippen LogP contribution in [0, 0.1) is 17.3 Å². The molecule has 0 aromatic carbocycles. The zero-order chi connectivity index (χ0) is 11.8. The summed E-state index contributed by atoms with van der Waals surface area (Å²) in [5, 5.41) is 0. The van der Waals surface area contributed by atoms with Gasteiger partial charge in [0.15, 0.2) is 5.78 Å². The molecule has 0 amide bonds. The molecule has 16 heavy (non-hydrogen) atoms. The van der Waals surface area contributed by atoms with Crippen molar-refractivity contribution in [2.45, 2.75) is 59.3 Å². The minimum absolute atomic E-state index is 0.316. The highest BCUT2D eigenvalue weighted by molar-refractivity contribution is 5.96. The van der Waals surface area contributed by atoms with Gasteiger partial charge in [0.25, 0.3) is 0 Å². The highest BCUT2D eigenvalue weighted by atomic mass is 16.1. The van der Waals surface area contributed by atoms with Crippen LogP contribution in [0.4, 0.5) is 0 Å². The summed E-state index contributed by atoms with van der Waals surface area (Å²) in [7, 11) is 0. The second kappa shape index (κ2) is 4.35. The van der Waals surface area contributed by atoms with Gasteiger partial charge in [-0.25, -0.2) is 0 Å². The molecule has 0 aromatic rings. The normalized spacial score (nSPS) is 34.7. The van der Waals surface area contributed by atoms with E-state index >= 15 is 0 Å². The number of allylic oxidation sites excluding steroid dienone is 2. The highest BCUT2D eigenvalue weighted by Crippen LogP contribution is 2.48. The van der Waals surface area contributed by atoms with E-state index in [2.05, 4.69) is 26.8 Å². The van der Waals surface area contributed by atoms with Crippen LogP contribution in [0.1, 0.15) is 59.3 Å². The smallest absolute Gasteiger partial charge is 0.158 e. The van der Waals surface area contributed by atoms with Crippen LogP contribution in [0.15, 0.2) is 11.6 Å². The Morgan fingerprint density at radius 3 is 2.69 bits per heavy atom. The van der Waals surface area contributed by atoms with Crippen LogP contribution in [0.25, 0.3) is 0 Å².